The van der Waals surface area contributed by atoms with Gasteiger partial charge in [0, 0.05) is 11.1 Å². The molecule has 0 unspecified atom stereocenters. The molecule has 136 valence electrons. The molecule has 0 bridgehead atoms. The number of hydrogen-bond acceptors (Lipinski definition) is 4. The zero-order valence-electron chi connectivity index (χ0n) is 14.8. The molecule has 2 rings (SSSR count). The normalized spacial score (nSPS) is 11.8. The van der Waals surface area contributed by atoms with Crippen LogP contribution >= 0.6 is 11.6 Å². The third kappa shape index (κ3) is 5.36. The monoisotopic (exact) mass is 373 g/mol. The van der Waals surface area contributed by atoms with E-state index in [1.807, 2.05) is 31.2 Å². The Morgan fingerprint density at radius 1 is 1.19 bits per heavy atom. The second kappa shape index (κ2) is 9.06. The van der Waals surface area contributed by atoms with Gasteiger partial charge in [-0.25, -0.2) is 4.79 Å². The Morgan fingerprint density at radius 2 is 1.92 bits per heavy atom. The smallest absolute Gasteiger partial charge is 0.331 e. The van der Waals surface area contributed by atoms with Crippen LogP contribution in [0.3, 0.4) is 0 Å². The molecule has 0 heterocycles. The quantitative estimate of drug-likeness (QED) is 0.607. The van der Waals surface area contributed by atoms with E-state index in [0.717, 1.165) is 11.1 Å². The van der Waals surface area contributed by atoms with Crippen molar-refractivity contribution in [2.45, 2.75) is 20.0 Å². The van der Waals surface area contributed by atoms with Crippen LogP contribution in [0.4, 0.5) is 5.69 Å². The molecule has 0 aliphatic carbocycles. The van der Waals surface area contributed by atoms with Gasteiger partial charge < -0.3 is 14.8 Å². The summed E-state index contributed by atoms with van der Waals surface area (Å²) >= 11 is 5.93. The van der Waals surface area contributed by atoms with Crippen molar-refractivity contribution in [3.63, 3.8) is 0 Å². The maximum Gasteiger partial charge on any atom is 0.331 e. The van der Waals surface area contributed by atoms with Crippen LogP contribution in [0.2, 0.25) is 5.02 Å². The average molecular weight is 374 g/mol. The third-order valence-electron chi connectivity index (χ3n) is 3.67. The molecular weight excluding hydrogens is 354 g/mol. The van der Waals surface area contributed by atoms with Crippen LogP contribution in [0.5, 0.6) is 5.75 Å². The summed E-state index contributed by atoms with van der Waals surface area (Å²) in [6, 6.07) is 12.5. The van der Waals surface area contributed by atoms with Gasteiger partial charge in [0.15, 0.2) is 6.10 Å². The summed E-state index contributed by atoms with van der Waals surface area (Å²) in [7, 11) is 1.48. The first kappa shape index (κ1) is 19.5. The molecule has 0 aliphatic rings. The summed E-state index contributed by atoms with van der Waals surface area (Å²) in [5.41, 5.74) is 2.35. The number of methoxy groups -OCH3 is 1. The second-order valence-corrected chi connectivity index (χ2v) is 6.04. The molecule has 0 spiro atoms. The molecule has 2 aromatic carbocycles. The lowest BCUT2D eigenvalue weighted by molar-refractivity contribution is -0.148. The highest BCUT2D eigenvalue weighted by atomic mass is 35.5. The van der Waals surface area contributed by atoms with Gasteiger partial charge in [0.2, 0.25) is 0 Å². The van der Waals surface area contributed by atoms with E-state index in [-0.39, 0.29) is 0 Å². The summed E-state index contributed by atoms with van der Waals surface area (Å²) in [4.78, 5) is 24.2. The minimum atomic E-state index is -0.979. The van der Waals surface area contributed by atoms with Crippen molar-refractivity contribution in [3.05, 3.63) is 64.7 Å². The van der Waals surface area contributed by atoms with Crippen molar-refractivity contribution in [2.24, 2.45) is 0 Å². The highest BCUT2D eigenvalue weighted by molar-refractivity contribution is 6.31. The van der Waals surface area contributed by atoms with Crippen LogP contribution < -0.4 is 10.1 Å². The SMILES string of the molecule is COc1ccc(Cl)cc1NC(=O)[C@H](C)OC(=O)/C=C/c1ccccc1C. The predicted molar refractivity (Wildman–Crippen MR) is 102 cm³/mol. The lowest BCUT2D eigenvalue weighted by Gasteiger charge is -2.14. The van der Waals surface area contributed by atoms with Crippen LogP contribution in [0, 0.1) is 6.92 Å². The number of esters is 1. The van der Waals surface area contributed by atoms with Crippen molar-refractivity contribution < 1.29 is 19.1 Å². The molecule has 26 heavy (non-hydrogen) atoms. The van der Waals surface area contributed by atoms with Crippen LogP contribution in [-0.4, -0.2) is 25.1 Å². The molecule has 2 aromatic rings. The van der Waals surface area contributed by atoms with Crippen LogP contribution in [0.1, 0.15) is 18.1 Å². The van der Waals surface area contributed by atoms with E-state index in [2.05, 4.69) is 5.32 Å². The molecule has 1 atom stereocenters. The Kier molecular flexibility index (Phi) is 6.81. The zero-order valence-corrected chi connectivity index (χ0v) is 15.5. The number of amides is 1. The molecular formula is C20H20ClNO4. The first-order valence-electron chi connectivity index (χ1n) is 7.99. The van der Waals surface area contributed by atoms with Crippen LogP contribution in [0.25, 0.3) is 6.08 Å². The van der Waals surface area contributed by atoms with Crippen molar-refractivity contribution in [2.75, 3.05) is 12.4 Å². The molecule has 1 amide bonds. The first-order chi connectivity index (χ1) is 12.4. The maximum atomic E-state index is 12.2. The number of aryl methyl sites for hydroxylation is 1. The largest absolute Gasteiger partial charge is 0.495 e. The summed E-state index contributed by atoms with van der Waals surface area (Å²) in [6.45, 7) is 3.44. The topological polar surface area (TPSA) is 64.6 Å². The number of halogens is 1. The Labute approximate surface area is 157 Å². The van der Waals surface area contributed by atoms with Crippen molar-refractivity contribution in [3.8, 4) is 5.75 Å². The lowest BCUT2D eigenvalue weighted by atomic mass is 10.1. The first-order valence-corrected chi connectivity index (χ1v) is 8.37. The van der Waals surface area contributed by atoms with Gasteiger partial charge in [-0.3, -0.25) is 4.79 Å². The molecule has 0 saturated heterocycles. The fourth-order valence-electron chi connectivity index (χ4n) is 2.21. The van der Waals surface area contributed by atoms with Gasteiger partial charge >= 0.3 is 5.97 Å². The number of nitrogens with one attached hydrogen (secondary N) is 1. The van der Waals surface area contributed by atoms with Crippen molar-refractivity contribution in [1.29, 1.82) is 0 Å². The predicted octanol–water partition coefficient (Wildman–Crippen LogP) is 4.24. The maximum absolute atomic E-state index is 12.2. The lowest BCUT2D eigenvalue weighted by Crippen LogP contribution is -2.29. The van der Waals surface area contributed by atoms with E-state index in [4.69, 9.17) is 21.1 Å². The highest BCUT2D eigenvalue weighted by Gasteiger charge is 2.18. The summed E-state index contributed by atoms with van der Waals surface area (Å²) < 4.78 is 10.3. The Bertz CT molecular complexity index is 832. The van der Waals surface area contributed by atoms with Crippen LogP contribution in [0.15, 0.2) is 48.5 Å². The van der Waals surface area contributed by atoms with E-state index in [1.54, 1.807) is 24.3 Å². The number of benzene rings is 2. The third-order valence-corrected chi connectivity index (χ3v) is 3.90. The van der Waals surface area contributed by atoms with Crippen molar-refractivity contribution >= 4 is 35.2 Å². The number of carbonyl (C=O) groups is 2. The Hall–Kier alpha value is -2.79. The summed E-state index contributed by atoms with van der Waals surface area (Å²) in [6.07, 6.45) is 1.97. The molecule has 5 nitrogen and oxygen atoms in total. The summed E-state index contributed by atoms with van der Waals surface area (Å²) in [5, 5.41) is 3.09. The van der Waals surface area contributed by atoms with Gasteiger partial charge in [0.25, 0.3) is 5.91 Å². The zero-order chi connectivity index (χ0) is 19.1. The molecule has 0 fully saturated rings. The fraction of sp³-hybridized carbons (Fsp3) is 0.200. The number of anilines is 1. The van der Waals surface area contributed by atoms with E-state index < -0.39 is 18.0 Å². The van der Waals surface area contributed by atoms with E-state index in [0.29, 0.717) is 16.5 Å². The molecule has 1 N–H and O–H groups in total. The van der Waals surface area contributed by atoms with Gasteiger partial charge in [-0.05, 0) is 49.2 Å². The fourth-order valence-corrected chi connectivity index (χ4v) is 2.38. The van der Waals surface area contributed by atoms with Crippen LogP contribution in [-0.2, 0) is 14.3 Å². The molecule has 0 saturated carbocycles. The van der Waals surface area contributed by atoms with E-state index in [1.165, 1.54) is 20.1 Å². The van der Waals surface area contributed by atoms with E-state index >= 15 is 0 Å². The standard InChI is InChI=1S/C20H20ClNO4/c1-13-6-4-5-7-15(13)8-11-19(23)26-14(2)20(24)22-17-12-16(21)9-10-18(17)25-3/h4-12,14H,1-3H3,(H,22,24)/b11-8+/t14-/m0/s1. The minimum Gasteiger partial charge on any atom is -0.495 e. The number of ether oxygens (including phenoxy) is 2. The van der Waals surface area contributed by atoms with Gasteiger partial charge in [-0.15, -0.1) is 0 Å². The molecule has 0 aliphatic heterocycles. The molecule has 0 radical (unpaired) electrons. The van der Waals surface area contributed by atoms with Gasteiger partial charge in [0.1, 0.15) is 5.75 Å². The van der Waals surface area contributed by atoms with Crippen molar-refractivity contribution in [1.82, 2.24) is 0 Å². The Morgan fingerprint density at radius 3 is 2.62 bits per heavy atom. The van der Waals surface area contributed by atoms with Gasteiger partial charge in [-0.1, -0.05) is 35.9 Å². The average Bonchev–Trinajstić information content (AvgIpc) is 2.61. The Balaban J connectivity index is 1.97. The molecule has 0 aromatic heterocycles. The molecule has 6 heteroatoms. The number of rotatable bonds is 6. The number of carbonyl (C=O) groups excluding carboxylic acids is 2. The summed E-state index contributed by atoms with van der Waals surface area (Å²) in [5.74, 6) is -0.627. The highest BCUT2D eigenvalue weighted by Crippen LogP contribution is 2.27. The number of hydrogen-bond donors (Lipinski definition) is 1. The van der Waals surface area contributed by atoms with Gasteiger partial charge in [0.05, 0.1) is 12.8 Å². The minimum absolute atomic E-state index is 0.406. The van der Waals surface area contributed by atoms with Gasteiger partial charge in [-0.2, -0.15) is 0 Å². The second-order valence-electron chi connectivity index (χ2n) is 5.60. The van der Waals surface area contributed by atoms with E-state index in [9.17, 15) is 9.59 Å².